The molecule has 2 aromatic heterocycles. The van der Waals surface area contributed by atoms with Crippen LogP contribution < -0.4 is 9.64 Å². The first-order valence-corrected chi connectivity index (χ1v) is 8.80. The molecule has 4 aromatic rings. The zero-order valence-electron chi connectivity index (χ0n) is 14.9. The number of aromatic nitrogens is 3. The van der Waals surface area contributed by atoms with Gasteiger partial charge in [-0.3, -0.25) is 0 Å². The number of benzene rings is 2. The van der Waals surface area contributed by atoms with Crippen LogP contribution in [0, 0.1) is 0 Å². The summed E-state index contributed by atoms with van der Waals surface area (Å²) in [6.45, 7) is 0. The van der Waals surface area contributed by atoms with Crippen molar-refractivity contribution in [1.82, 2.24) is 15.0 Å². The number of hydrogen-bond donors (Lipinski definition) is 0. The number of anilines is 2. The first-order chi connectivity index (χ1) is 13.2. The average molecular weight is 377 g/mol. The van der Waals surface area contributed by atoms with Crippen LogP contribution in [0.15, 0.2) is 66.9 Å². The molecular formula is C21H17ClN4O. The fraction of sp³-hybridized carbons (Fsp3) is 0.0952. The lowest BCUT2D eigenvalue weighted by Gasteiger charge is -2.22. The Bertz CT molecular complexity index is 1100. The molecule has 4 rings (SSSR count). The van der Waals surface area contributed by atoms with Crippen LogP contribution in [0.25, 0.3) is 22.2 Å². The van der Waals surface area contributed by atoms with E-state index in [-0.39, 0.29) is 5.28 Å². The third-order valence-corrected chi connectivity index (χ3v) is 4.58. The lowest BCUT2D eigenvalue weighted by molar-refractivity contribution is 0.398. The molecule has 2 aromatic carbocycles. The number of halogens is 1. The van der Waals surface area contributed by atoms with E-state index < -0.39 is 0 Å². The molecule has 0 spiro atoms. The van der Waals surface area contributed by atoms with Crippen molar-refractivity contribution in [2.75, 3.05) is 19.1 Å². The third kappa shape index (κ3) is 3.29. The number of para-hydroxylation sites is 2. The molecule has 5 nitrogen and oxygen atoms in total. The van der Waals surface area contributed by atoms with Crippen LogP contribution >= 0.6 is 11.6 Å². The number of rotatable bonds is 4. The van der Waals surface area contributed by atoms with Gasteiger partial charge in [-0.25, -0.2) is 15.0 Å². The van der Waals surface area contributed by atoms with Crippen molar-refractivity contribution in [3.8, 4) is 17.1 Å². The van der Waals surface area contributed by atoms with Crippen LogP contribution in [0.2, 0.25) is 5.28 Å². The molecular weight excluding hydrogens is 360 g/mol. The van der Waals surface area contributed by atoms with Gasteiger partial charge < -0.3 is 9.64 Å². The largest absolute Gasteiger partial charge is 0.481 e. The summed E-state index contributed by atoms with van der Waals surface area (Å²) in [4.78, 5) is 15.2. The van der Waals surface area contributed by atoms with Crippen molar-refractivity contribution in [2.24, 2.45) is 0 Å². The molecule has 0 aliphatic rings. The van der Waals surface area contributed by atoms with Gasteiger partial charge in [-0.15, -0.1) is 0 Å². The minimum atomic E-state index is 0.229. The number of ether oxygens (including phenoxy) is 1. The summed E-state index contributed by atoms with van der Waals surface area (Å²) in [6.07, 6.45) is 1.78. The molecule has 0 saturated carbocycles. The maximum absolute atomic E-state index is 6.20. The van der Waals surface area contributed by atoms with Crippen molar-refractivity contribution in [1.29, 1.82) is 0 Å². The minimum Gasteiger partial charge on any atom is -0.481 e. The van der Waals surface area contributed by atoms with Crippen molar-refractivity contribution in [2.45, 2.75) is 0 Å². The number of nitrogens with zero attached hydrogens (tertiary/aromatic N) is 4. The van der Waals surface area contributed by atoms with Crippen LogP contribution in [0.5, 0.6) is 5.88 Å². The molecule has 0 fully saturated rings. The van der Waals surface area contributed by atoms with Gasteiger partial charge in [-0.1, -0.05) is 36.4 Å². The molecule has 27 heavy (non-hydrogen) atoms. The van der Waals surface area contributed by atoms with Crippen molar-refractivity contribution in [3.63, 3.8) is 0 Å². The number of pyridine rings is 1. The van der Waals surface area contributed by atoms with Crippen LogP contribution in [0.1, 0.15) is 0 Å². The highest BCUT2D eigenvalue weighted by atomic mass is 35.5. The lowest BCUT2D eigenvalue weighted by atomic mass is 10.0. The quantitative estimate of drug-likeness (QED) is 0.462. The highest BCUT2D eigenvalue weighted by molar-refractivity contribution is 6.29. The van der Waals surface area contributed by atoms with Gasteiger partial charge in [0.1, 0.15) is 0 Å². The first-order valence-electron chi connectivity index (χ1n) is 8.43. The summed E-state index contributed by atoms with van der Waals surface area (Å²) >= 11 is 6.20. The van der Waals surface area contributed by atoms with Crippen LogP contribution in [0.4, 0.5) is 11.4 Å². The van der Waals surface area contributed by atoms with Gasteiger partial charge in [0.15, 0.2) is 0 Å². The van der Waals surface area contributed by atoms with Gasteiger partial charge in [0.05, 0.1) is 35.9 Å². The molecule has 0 aliphatic heterocycles. The highest BCUT2D eigenvalue weighted by Crippen LogP contribution is 2.36. The van der Waals surface area contributed by atoms with Gasteiger partial charge in [0, 0.05) is 24.1 Å². The fourth-order valence-corrected chi connectivity index (χ4v) is 3.23. The molecule has 0 radical (unpaired) electrons. The van der Waals surface area contributed by atoms with Gasteiger partial charge >= 0.3 is 0 Å². The summed E-state index contributed by atoms with van der Waals surface area (Å²) in [5.41, 5.74) is 4.51. The normalized spacial score (nSPS) is 10.8. The molecule has 2 heterocycles. The summed E-state index contributed by atoms with van der Waals surface area (Å²) in [5, 5.41) is 1.18. The first kappa shape index (κ1) is 17.2. The van der Waals surface area contributed by atoms with E-state index in [1.165, 1.54) is 0 Å². The Balaban J connectivity index is 1.87. The maximum Gasteiger partial charge on any atom is 0.223 e. The van der Waals surface area contributed by atoms with E-state index in [2.05, 4.69) is 19.9 Å². The Hall–Kier alpha value is -3.18. The van der Waals surface area contributed by atoms with Crippen LogP contribution in [-0.2, 0) is 0 Å². The molecule has 0 atom stereocenters. The molecule has 0 saturated heterocycles. The summed E-state index contributed by atoms with van der Waals surface area (Å²) in [5.74, 6) is 0.578. The Kier molecular flexibility index (Phi) is 4.60. The van der Waals surface area contributed by atoms with E-state index in [9.17, 15) is 0 Å². The molecule has 6 heteroatoms. The Morgan fingerprint density at radius 1 is 0.926 bits per heavy atom. The predicted molar refractivity (Wildman–Crippen MR) is 109 cm³/mol. The number of methoxy groups -OCH3 is 1. The maximum atomic E-state index is 6.20. The topological polar surface area (TPSA) is 51.1 Å². The average Bonchev–Trinajstić information content (AvgIpc) is 2.72. The second-order valence-electron chi connectivity index (χ2n) is 5.99. The van der Waals surface area contributed by atoms with Gasteiger partial charge in [-0.05, 0) is 29.8 Å². The van der Waals surface area contributed by atoms with Crippen LogP contribution in [-0.4, -0.2) is 29.1 Å². The van der Waals surface area contributed by atoms with E-state index in [0.29, 0.717) is 5.88 Å². The standard InChI is InChI=1S/C21H17ClN4O/c1-26(14-11-12-19(27-2)23-13-14)18-10-6-4-8-16(18)20-15-7-3-5-9-17(15)24-21(22)25-20/h3-13H,1-2H3. The van der Waals surface area contributed by atoms with Gasteiger partial charge in [0.25, 0.3) is 0 Å². The molecule has 0 amide bonds. The highest BCUT2D eigenvalue weighted by Gasteiger charge is 2.15. The molecule has 0 unspecified atom stereocenters. The Morgan fingerprint density at radius 2 is 1.70 bits per heavy atom. The molecule has 134 valence electrons. The number of hydrogen-bond acceptors (Lipinski definition) is 5. The lowest BCUT2D eigenvalue weighted by Crippen LogP contribution is -2.11. The van der Waals surface area contributed by atoms with Gasteiger partial charge in [0.2, 0.25) is 11.2 Å². The second-order valence-corrected chi connectivity index (χ2v) is 6.33. The van der Waals surface area contributed by atoms with E-state index >= 15 is 0 Å². The second kappa shape index (κ2) is 7.21. The molecule has 0 bridgehead atoms. The Morgan fingerprint density at radius 3 is 2.48 bits per heavy atom. The Labute approximate surface area is 162 Å². The van der Waals surface area contributed by atoms with E-state index in [0.717, 1.165) is 33.5 Å². The van der Waals surface area contributed by atoms with Gasteiger partial charge in [-0.2, -0.15) is 0 Å². The van der Waals surface area contributed by atoms with Crippen molar-refractivity contribution < 1.29 is 4.74 Å². The van der Waals surface area contributed by atoms with Crippen LogP contribution in [0.3, 0.4) is 0 Å². The third-order valence-electron chi connectivity index (χ3n) is 4.41. The van der Waals surface area contributed by atoms with Crippen molar-refractivity contribution in [3.05, 3.63) is 72.1 Å². The monoisotopic (exact) mass is 376 g/mol. The number of fused-ring (bicyclic) bond motifs is 1. The molecule has 0 N–H and O–H groups in total. The van der Waals surface area contributed by atoms with Crippen molar-refractivity contribution >= 4 is 33.9 Å². The summed E-state index contributed by atoms with van der Waals surface area (Å²) in [6, 6.07) is 19.7. The van der Waals surface area contributed by atoms with E-state index in [1.807, 2.05) is 67.7 Å². The summed E-state index contributed by atoms with van der Waals surface area (Å²) in [7, 11) is 3.60. The predicted octanol–water partition coefficient (Wildman–Crippen LogP) is 5.12. The zero-order valence-corrected chi connectivity index (χ0v) is 15.7. The smallest absolute Gasteiger partial charge is 0.223 e. The fourth-order valence-electron chi connectivity index (χ4n) is 3.05. The zero-order chi connectivity index (χ0) is 18.8. The molecule has 0 aliphatic carbocycles. The SMILES string of the molecule is COc1ccc(N(C)c2ccccc2-c2nc(Cl)nc3ccccc23)cn1. The summed E-state index contributed by atoms with van der Waals surface area (Å²) < 4.78 is 5.15. The van der Waals surface area contributed by atoms with E-state index in [1.54, 1.807) is 13.3 Å². The minimum absolute atomic E-state index is 0.229. The van der Waals surface area contributed by atoms with E-state index in [4.69, 9.17) is 16.3 Å².